The lowest BCUT2D eigenvalue weighted by Gasteiger charge is -2.30. The zero-order valence-electron chi connectivity index (χ0n) is 14.5. The molecule has 0 bridgehead atoms. The quantitative estimate of drug-likeness (QED) is 0.775. The number of hydrogen-bond donors (Lipinski definition) is 1. The zero-order chi connectivity index (χ0) is 15.9. The second-order valence-corrected chi connectivity index (χ2v) is 7.23. The molecule has 1 aromatic carbocycles. The molecule has 1 aromatic rings. The van der Waals surface area contributed by atoms with E-state index in [1.807, 2.05) is 6.07 Å². The van der Waals surface area contributed by atoms with Gasteiger partial charge in [0.05, 0.1) is 12.3 Å². The van der Waals surface area contributed by atoms with Crippen molar-refractivity contribution in [3.05, 3.63) is 23.8 Å². The van der Waals surface area contributed by atoms with E-state index < -0.39 is 0 Å². The summed E-state index contributed by atoms with van der Waals surface area (Å²) in [5.74, 6) is 2.20. The van der Waals surface area contributed by atoms with Crippen molar-refractivity contribution in [1.29, 1.82) is 0 Å². The number of nitrogens with two attached hydrogens (primary N) is 1. The Kier molecular flexibility index (Phi) is 6.56. The van der Waals surface area contributed by atoms with Crippen LogP contribution in [0.4, 0.5) is 5.69 Å². The maximum Gasteiger partial charge on any atom is 0.142 e. The molecule has 1 aliphatic heterocycles. The van der Waals surface area contributed by atoms with E-state index in [-0.39, 0.29) is 0 Å². The first-order valence-corrected chi connectivity index (χ1v) is 8.78. The van der Waals surface area contributed by atoms with Crippen LogP contribution < -0.4 is 10.5 Å². The van der Waals surface area contributed by atoms with Gasteiger partial charge in [0, 0.05) is 6.54 Å². The van der Waals surface area contributed by atoms with Gasteiger partial charge in [0.15, 0.2) is 0 Å². The van der Waals surface area contributed by atoms with Gasteiger partial charge in [-0.25, -0.2) is 0 Å². The molecule has 0 aromatic heterocycles. The summed E-state index contributed by atoms with van der Waals surface area (Å²) in [6.45, 7) is 11.1. The molecule has 0 saturated carbocycles. The third-order valence-corrected chi connectivity index (χ3v) is 4.33. The van der Waals surface area contributed by atoms with Crippen LogP contribution in [0.25, 0.3) is 0 Å². The van der Waals surface area contributed by atoms with Crippen molar-refractivity contribution in [3.63, 3.8) is 0 Å². The Morgan fingerprint density at radius 2 is 2.18 bits per heavy atom. The summed E-state index contributed by atoms with van der Waals surface area (Å²) < 4.78 is 5.73. The first-order chi connectivity index (χ1) is 10.5. The number of likely N-dealkylation sites (tertiary alicyclic amines) is 1. The second-order valence-electron chi connectivity index (χ2n) is 7.23. The molecule has 2 rings (SSSR count). The molecule has 0 radical (unpaired) electrons. The van der Waals surface area contributed by atoms with E-state index in [2.05, 4.69) is 37.8 Å². The minimum Gasteiger partial charge on any atom is -0.491 e. The highest BCUT2D eigenvalue weighted by molar-refractivity contribution is 5.54. The van der Waals surface area contributed by atoms with Crippen LogP contribution >= 0.6 is 0 Å². The minimum absolute atomic E-state index is 0.519. The zero-order valence-corrected chi connectivity index (χ0v) is 14.5. The molecule has 2 N–H and O–H groups in total. The highest BCUT2D eigenvalue weighted by atomic mass is 16.5. The smallest absolute Gasteiger partial charge is 0.142 e. The molecular weight excluding hydrogens is 272 g/mol. The normalized spacial score (nSPS) is 19.5. The Balaban J connectivity index is 1.77. The molecule has 0 amide bonds. The van der Waals surface area contributed by atoms with Crippen molar-refractivity contribution >= 4 is 5.69 Å². The molecule has 3 heteroatoms. The lowest BCUT2D eigenvalue weighted by molar-refractivity contribution is 0.182. The van der Waals surface area contributed by atoms with Gasteiger partial charge in [-0.1, -0.05) is 26.8 Å². The number of nitrogens with zero attached hydrogens (tertiary/aromatic N) is 1. The SMILES string of the molecule is CC(C)COc1ccc(CCCN2CCCC(C)C2)cc1N. The van der Waals surface area contributed by atoms with E-state index in [4.69, 9.17) is 10.5 Å². The highest BCUT2D eigenvalue weighted by Gasteiger charge is 2.15. The monoisotopic (exact) mass is 304 g/mol. The summed E-state index contributed by atoms with van der Waals surface area (Å²) in [4.78, 5) is 2.61. The van der Waals surface area contributed by atoms with Crippen molar-refractivity contribution < 1.29 is 4.74 Å². The highest BCUT2D eigenvalue weighted by Crippen LogP contribution is 2.24. The number of nitrogen functional groups attached to an aromatic ring is 1. The molecule has 3 nitrogen and oxygen atoms in total. The lowest BCUT2D eigenvalue weighted by Crippen LogP contribution is -2.35. The fraction of sp³-hybridized carbons (Fsp3) is 0.684. The van der Waals surface area contributed by atoms with Crippen molar-refractivity contribution in [3.8, 4) is 5.75 Å². The maximum absolute atomic E-state index is 6.10. The van der Waals surface area contributed by atoms with Gasteiger partial charge in [-0.2, -0.15) is 0 Å². The number of aryl methyl sites for hydroxylation is 1. The summed E-state index contributed by atoms with van der Waals surface area (Å²) in [6.07, 6.45) is 5.05. The van der Waals surface area contributed by atoms with Gasteiger partial charge in [-0.3, -0.25) is 0 Å². The molecule has 124 valence electrons. The number of rotatable bonds is 7. The van der Waals surface area contributed by atoms with Crippen LogP contribution in [0.2, 0.25) is 0 Å². The molecule has 1 unspecified atom stereocenters. The molecule has 0 aliphatic carbocycles. The van der Waals surface area contributed by atoms with Gasteiger partial charge in [-0.15, -0.1) is 0 Å². The third kappa shape index (κ3) is 5.53. The van der Waals surface area contributed by atoms with Crippen molar-refractivity contribution in [1.82, 2.24) is 4.90 Å². The maximum atomic E-state index is 6.10. The van der Waals surface area contributed by atoms with Crippen LogP contribution in [0.1, 0.15) is 45.6 Å². The Labute approximate surface area is 135 Å². The Bertz CT molecular complexity index is 459. The van der Waals surface area contributed by atoms with Gasteiger partial charge in [-0.05, 0) is 68.3 Å². The first kappa shape index (κ1) is 17.1. The van der Waals surface area contributed by atoms with Gasteiger partial charge < -0.3 is 15.4 Å². The molecule has 1 saturated heterocycles. The van der Waals surface area contributed by atoms with Crippen LogP contribution in [0.5, 0.6) is 5.75 Å². The van der Waals surface area contributed by atoms with Crippen LogP contribution in [0, 0.1) is 11.8 Å². The van der Waals surface area contributed by atoms with E-state index in [1.165, 1.54) is 44.5 Å². The Hall–Kier alpha value is -1.22. The molecule has 1 atom stereocenters. The topological polar surface area (TPSA) is 38.5 Å². The summed E-state index contributed by atoms with van der Waals surface area (Å²) in [6, 6.07) is 6.26. The Morgan fingerprint density at radius 3 is 2.86 bits per heavy atom. The summed E-state index contributed by atoms with van der Waals surface area (Å²) in [5, 5.41) is 0. The van der Waals surface area contributed by atoms with E-state index in [9.17, 15) is 0 Å². The predicted octanol–water partition coefficient (Wildman–Crippen LogP) is 3.97. The van der Waals surface area contributed by atoms with E-state index in [1.54, 1.807) is 0 Å². The van der Waals surface area contributed by atoms with Gasteiger partial charge in [0.25, 0.3) is 0 Å². The van der Waals surface area contributed by atoms with Crippen LogP contribution in [-0.4, -0.2) is 31.1 Å². The number of hydrogen-bond acceptors (Lipinski definition) is 3. The molecule has 1 aliphatic rings. The number of piperidine rings is 1. The van der Waals surface area contributed by atoms with Crippen LogP contribution in [0.3, 0.4) is 0 Å². The van der Waals surface area contributed by atoms with Gasteiger partial charge in [0.1, 0.15) is 5.75 Å². The number of ether oxygens (including phenoxy) is 1. The van der Waals surface area contributed by atoms with E-state index >= 15 is 0 Å². The van der Waals surface area contributed by atoms with Crippen LogP contribution in [0.15, 0.2) is 18.2 Å². The van der Waals surface area contributed by atoms with Gasteiger partial charge in [0.2, 0.25) is 0 Å². The second kappa shape index (κ2) is 8.42. The minimum atomic E-state index is 0.519. The molecule has 22 heavy (non-hydrogen) atoms. The van der Waals surface area contributed by atoms with Crippen molar-refractivity contribution in [2.45, 2.75) is 46.5 Å². The third-order valence-electron chi connectivity index (χ3n) is 4.33. The molecule has 1 heterocycles. The van der Waals surface area contributed by atoms with E-state index in [0.29, 0.717) is 5.92 Å². The number of anilines is 1. The van der Waals surface area contributed by atoms with E-state index in [0.717, 1.165) is 30.4 Å². The molecule has 1 fully saturated rings. The largest absolute Gasteiger partial charge is 0.491 e. The molecule has 0 spiro atoms. The summed E-state index contributed by atoms with van der Waals surface area (Å²) >= 11 is 0. The standard InChI is InChI=1S/C19H32N2O/c1-15(2)14-22-19-9-8-17(12-18(19)20)7-5-11-21-10-4-6-16(3)13-21/h8-9,12,15-16H,4-7,10-11,13-14,20H2,1-3H3. The lowest BCUT2D eigenvalue weighted by atomic mass is 10.00. The van der Waals surface area contributed by atoms with Gasteiger partial charge >= 0.3 is 0 Å². The van der Waals surface area contributed by atoms with Crippen molar-refractivity contribution in [2.75, 3.05) is 32.0 Å². The average molecular weight is 304 g/mol. The molecular formula is C19H32N2O. The predicted molar refractivity (Wildman–Crippen MR) is 94.3 cm³/mol. The summed E-state index contributed by atoms with van der Waals surface area (Å²) in [5.41, 5.74) is 8.19. The average Bonchev–Trinajstić information content (AvgIpc) is 2.46. The number of benzene rings is 1. The fourth-order valence-corrected chi connectivity index (χ4v) is 3.14. The van der Waals surface area contributed by atoms with Crippen LogP contribution in [-0.2, 0) is 6.42 Å². The summed E-state index contributed by atoms with van der Waals surface area (Å²) in [7, 11) is 0. The van der Waals surface area contributed by atoms with Crippen molar-refractivity contribution in [2.24, 2.45) is 11.8 Å². The fourth-order valence-electron chi connectivity index (χ4n) is 3.14. The first-order valence-electron chi connectivity index (χ1n) is 8.78. The Morgan fingerprint density at radius 1 is 1.36 bits per heavy atom.